The van der Waals surface area contributed by atoms with Crippen LogP contribution in [-0.4, -0.2) is 87.5 Å². The fourth-order valence-corrected chi connectivity index (χ4v) is 6.61. The Morgan fingerprint density at radius 1 is 1.11 bits per heavy atom. The molecule has 0 bridgehead atoms. The summed E-state index contributed by atoms with van der Waals surface area (Å²) in [7, 11) is 1.92. The van der Waals surface area contributed by atoms with Crippen molar-refractivity contribution in [2.75, 3.05) is 39.4 Å². The molecule has 2 aliphatic heterocycles. The van der Waals surface area contributed by atoms with E-state index >= 15 is 0 Å². The van der Waals surface area contributed by atoms with Crippen LogP contribution in [0.5, 0.6) is 0 Å². The minimum absolute atomic E-state index is 0.0928. The van der Waals surface area contributed by atoms with Crippen LogP contribution in [-0.2, 0) is 16.5 Å². The highest BCUT2D eigenvalue weighted by Gasteiger charge is 2.37. The van der Waals surface area contributed by atoms with Crippen molar-refractivity contribution in [3.63, 3.8) is 0 Å². The van der Waals surface area contributed by atoms with Crippen LogP contribution in [0.3, 0.4) is 0 Å². The van der Waals surface area contributed by atoms with E-state index in [-0.39, 0.29) is 24.3 Å². The molecule has 0 saturated carbocycles. The molecule has 1 aliphatic carbocycles. The van der Waals surface area contributed by atoms with Gasteiger partial charge in [-0.25, -0.2) is 14.6 Å². The number of imidazole rings is 1. The molecular formula is C34H42ClN7O4. The molecule has 2 N–H and O–H groups in total. The highest BCUT2D eigenvalue weighted by Crippen LogP contribution is 2.44. The van der Waals surface area contributed by atoms with Crippen LogP contribution in [0.1, 0.15) is 73.8 Å². The van der Waals surface area contributed by atoms with Crippen molar-refractivity contribution in [3.05, 3.63) is 82.2 Å². The number of urea groups is 1. The van der Waals surface area contributed by atoms with Crippen LogP contribution in [0, 0.1) is 0 Å². The Morgan fingerprint density at radius 3 is 2.57 bits per heavy atom. The Bertz CT molecular complexity index is 1600. The number of halogens is 1. The van der Waals surface area contributed by atoms with Gasteiger partial charge >= 0.3 is 12.1 Å². The van der Waals surface area contributed by atoms with Gasteiger partial charge in [0.25, 0.3) is 0 Å². The number of piperazine rings is 1. The molecule has 12 heteroatoms. The molecule has 0 radical (unpaired) electrons. The maximum atomic E-state index is 13.4. The van der Waals surface area contributed by atoms with E-state index in [0.717, 1.165) is 46.5 Å². The minimum atomic E-state index is -0.546. The molecule has 4 heterocycles. The van der Waals surface area contributed by atoms with Gasteiger partial charge in [-0.2, -0.15) is 0 Å². The Balaban J connectivity index is 1.35. The van der Waals surface area contributed by atoms with E-state index in [4.69, 9.17) is 26.1 Å². The van der Waals surface area contributed by atoms with Crippen LogP contribution in [0.15, 0.2) is 49.1 Å². The molecule has 3 aromatic rings. The van der Waals surface area contributed by atoms with Gasteiger partial charge in [-0.05, 0) is 67.3 Å². The number of pyridine rings is 1. The molecule has 3 aliphatic rings. The lowest BCUT2D eigenvalue weighted by Gasteiger charge is -2.40. The third-order valence-corrected chi connectivity index (χ3v) is 8.90. The molecule has 46 heavy (non-hydrogen) atoms. The quantitative estimate of drug-likeness (QED) is 0.392. The average Bonchev–Trinajstić information content (AvgIpc) is 3.39. The Morgan fingerprint density at radius 2 is 1.87 bits per heavy atom. The molecule has 6 rings (SSSR count). The monoisotopic (exact) mass is 647 g/mol. The number of fused-ring (bicyclic) bond motifs is 2. The summed E-state index contributed by atoms with van der Waals surface area (Å²) in [6.07, 6.45) is 8.54. The first kappa shape index (κ1) is 32.0. The van der Waals surface area contributed by atoms with Gasteiger partial charge in [-0.1, -0.05) is 23.7 Å². The van der Waals surface area contributed by atoms with E-state index in [9.17, 15) is 9.59 Å². The molecule has 1 aromatic carbocycles. The summed E-state index contributed by atoms with van der Waals surface area (Å²) in [6.45, 7) is 9.44. The number of nitrogens with zero attached hydrogens (tertiary/aromatic N) is 5. The standard InChI is InChI=1S/C34H42ClN7O4/c1-34(2,3)39-32(43)38-30(28-20-36-21-40(28)4)27-18-22-6-5-11-37-29(22)31(25-8-7-23(35)19-26(25)27)41-12-14-42(15-13-41)33(44)46-24-9-16-45-17-10-24/h5-8,11,18-21,24,30-31H,9-10,12-17H2,1-4H3,(H2,38,39,43). The predicted molar refractivity (Wildman–Crippen MR) is 176 cm³/mol. The number of amides is 3. The fourth-order valence-electron chi connectivity index (χ4n) is 6.44. The number of ether oxygens (including phenoxy) is 2. The number of hydrogen-bond acceptors (Lipinski definition) is 7. The molecule has 244 valence electrons. The second-order valence-corrected chi connectivity index (χ2v) is 13.6. The zero-order chi connectivity index (χ0) is 32.4. The molecule has 2 fully saturated rings. The van der Waals surface area contributed by atoms with Crippen LogP contribution in [0.2, 0.25) is 5.02 Å². The van der Waals surface area contributed by atoms with Crippen molar-refractivity contribution in [2.45, 2.75) is 57.3 Å². The maximum absolute atomic E-state index is 13.4. The first-order chi connectivity index (χ1) is 22.1. The summed E-state index contributed by atoms with van der Waals surface area (Å²) in [4.78, 5) is 39.9. The number of aromatic nitrogens is 3. The van der Waals surface area contributed by atoms with E-state index in [2.05, 4.69) is 38.7 Å². The number of carbonyl (C=O) groups is 2. The number of nitrogens with one attached hydrogen (secondary N) is 2. The molecule has 2 aromatic heterocycles. The SMILES string of the molecule is Cn1cncc1C(NC(=O)NC(C)(C)C)C1=Cc2cccnc2C(N2CCN(C(=O)OC3CCOCC3)CC2)c2ccc(Cl)cc21. The topological polar surface area (TPSA) is 114 Å². The van der Waals surface area contributed by atoms with Crippen molar-refractivity contribution in [2.24, 2.45) is 7.05 Å². The first-order valence-electron chi connectivity index (χ1n) is 15.9. The highest BCUT2D eigenvalue weighted by molar-refractivity contribution is 6.30. The van der Waals surface area contributed by atoms with Crippen molar-refractivity contribution in [3.8, 4) is 0 Å². The van der Waals surface area contributed by atoms with E-state index in [1.807, 2.05) is 56.8 Å². The molecule has 2 saturated heterocycles. The largest absolute Gasteiger partial charge is 0.446 e. The summed E-state index contributed by atoms with van der Waals surface area (Å²) in [6, 6.07) is 8.86. The number of hydrogen-bond donors (Lipinski definition) is 2. The normalized spacial score (nSPS) is 19.7. The van der Waals surface area contributed by atoms with Crippen molar-refractivity contribution in [1.29, 1.82) is 0 Å². The van der Waals surface area contributed by atoms with E-state index < -0.39 is 11.6 Å². The maximum Gasteiger partial charge on any atom is 0.410 e. The second-order valence-electron chi connectivity index (χ2n) is 13.1. The van der Waals surface area contributed by atoms with Gasteiger partial charge in [0.1, 0.15) is 6.10 Å². The lowest BCUT2D eigenvalue weighted by atomic mass is 9.90. The van der Waals surface area contributed by atoms with Crippen LogP contribution in [0.25, 0.3) is 11.6 Å². The average molecular weight is 648 g/mol. The van der Waals surface area contributed by atoms with E-state index in [0.29, 0.717) is 44.4 Å². The van der Waals surface area contributed by atoms with E-state index in [1.54, 1.807) is 17.4 Å². The predicted octanol–water partition coefficient (Wildman–Crippen LogP) is 5.18. The molecular weight excluding hydrogens is 606 g/mol. The first-order valence-corrected chi connectivity index (χ1v) is 16.2. The molecule has 0 spiro atoms. The van der Waals surface area contributed by atoms with Gasteiger partial charge < -0.3 is 29.6 Å². The Hall–Kier alpha value is -3.93. The van der Waals surface area contributed by atoms with Gasteiger partial charge in [0.2, 0.25) is 0 Å². The van der Waals surface area contributed by atoms with Gasteiger partial charge in [0.05, 0.1) is 49.2 Å². The zero-order valence-corrected chi connectivity index (χ0v) is 27.6. The zero-order valence-electron chi connectivity index (χ0n) is 26.8. The van der Waals surface area contributed by atoms with Crippen LogP contribution >= 0.6 is 11.6 Å². The number of aryl methyl sites for hydroxylation is 1. The molecule has 3 amide bonds. The van der Waals surface area contributed by atoms with E-state index in [1.165, 1.54) is 0 Å². The van der Waals surface area contributed by atoms with Crippen molar-refractivity contribution in [1.82, 2.24) is 35.0 Å². The summed E-state index contributed by atoms with van der Waals surface area (Å²) >= 11 is 6.69. The fraction of sp³-hybridized carbons (Fsp3) is 0.471. The van der Waals surface area contributed by atoms with Gasteiger partial charge in [-0.3, -0.25) is 9.88 Å². The minimum Gasteiger partial charge on any atom is -0.446 e. The summed E-state index contributed by atoms with van der Waals surface area (Å²) in [5.74, 6) is 0. The van der Waals surface area contributed by atoms with Crippen LogP contribution in [0.4, 0.5) is 9.59 Å². The van der Waals surface area contributed by atoms with Gasteiger partial charge in [0, 0.05) is 62.8 Å². The summed E-state index contributed by atoms with van der Waals surface area (Å²) < 4.78 is 13.1. The Labute approximate surface area is 274 Å². The lowest BCUT2D eigenvalue weighted by molar-refractivity contribution is -0.0155. The smallest absolute Gasteiger partial charge is 0.410 e. The number of rotatable bonds is 5. The third-order valence-electron chi connectivity index (χ3n) is 8.66. The van der Waals surface area contributed by atoms with Crippen LogP contribution < -0.4 is 10.6 Å². The molecule has 2 unspecified atom stereocenters. The molecule has 2 atom stereocenters. The number of benzene rings is 1. The second kappa shape index (κ2) is 13.4. The third kappa shape index (κ3) is 7.06. The summed E-state index contributed by atoms with van der Waals surface area (Å²) in [5, 5.41) is 6.86. The van der Waals surface area contributed by atoms with Crippen molar-refractivity contribution < 1.29 is 19.1 Å². The van der Waals surface area contributed by atoms with Gasteiger partial charge in [0.15, 0.2) is 0 Å². The summed E-state index contributed by atoms with van der Waals surface area (Å²) in [5.41, 5.74) is 5.06. The molecule has 11 nitrogen and oxygen atoms in total. The highest BCUT2D eigenvalue weighted by atomic mass is 35.5. The Kier molecular flexibility index (Phi) is 9.35. The van der Waals surface area contributed by atoms with Gasteiger partial charge in [-0.15, -0.1) is 0 Å². The number of carbonyl (C=O) groups excluding carboxylic acids is 2. The van der Waals surface area contributed by atoms with Crippen molar-refractivity contribution >= 4 is 35.4 Å². The lowest BCUT2D eigenvalue weighted by Crippen LogP contribution is -2.51.